The molecule has 2 saturated heterocycles. The molecule has 1 aromatic carbocycles. The highest BCUT2D eigenvalue weighted by Gasteiger charge is 2.48. The molecule has 2 N–H and O–H groups in total. The third-order valence-corrected chi connectivity index (χ3v) is 8.09. The number of rotatable bonds is 2. The van der Waals surface area contributed by atoms with Crippen molar-refractivity contribution in [2.24, 2.45) is 11.8 Å². The molecule has 3 fully saturated rings. The average Bonchev–Trinajstić information content (AvgIpc) is 2.91. The van der Waals surface area contributed by atoms with Crippen LogP contribution in [0.2, 0.25) is 0 Å². The Kier molecular flexibility index (Phi) is 3.39. The van der Waals surface area contributed by atoms with Crippen molar-refractivity contribution in [1.82, 2.24) is 9.88 Å². The lowest BCUT2D eigenvalue weighted by Gasteiger charge is -2.53. The Morgan fingerprint density at radius 2 is 2.20 bits per heavy atom. The minimum Gasteiger partial charge on any atom is -0.358 e. The largest absolute Gasteiger partial charge is 0.358 e. The molecule has 2 aromatic rings. The number of nitrogens with one attached hydrogen (secondary N) is 2. The summed E-state index contributed by atoms with van der Waals surface area (Å²) in [6.45, 7) is 4.77. The van der Waals surface area contributed by atoms with Gasteiger partial charge in [-0.15, -0.1) is 0 Å². The number of piperidine rings is 2. The number of aromatic nitrogens is 1. The van der Waals surface area contributed by atoms with Crippen molar-refractivity contribution >= 4 is 20.6 Å². The summed E-state index contributed by atoms with van der Waals surface area (Å²) in [6, 6.07) is 6.60. The Labute approximate surface area is 150 Å². The molecule has 4 bridgehead atoms. The van der Waals surface area contributed by atoms with Crippen LogP contribution in [0.4, 0.5) is 0 Å². The molecule has 3 aliphatic heterocycles. The molecule has 0 radical (unpaired) electrons. The molecule has 1 aliphatic carbocycles. The fourth-order valence-electron chi connectivity index (χ4n) is 5.91. The highest BCUT2D eigenvalue weighted by molar-refractivity contribution is 7.91. The highest BCUT2D eigenvalue weighted by atomic mass is 32.2. The SMILES string of the molecule is CC[C@H]1C[C@H]2C[C@H]3c4[nH]c5ccc(S(C)(=N)=O)cc5c4CCN(C2)C13. The molecule has 1 saturated carbocycles. The standard InChI is InChI=1S/C20H27N3OS/c1-3-13-8-12-9-17-19-15(6-7-23(11-12)20(13)17)16-10-14(25(2,21)24)4-5-18(16)22-19/h4-5,10,12-13,17,20-22H,3,6-9,11H2,1-2H3/t12-,13-,17-,20?,25?/m0/s1. The number of fused-ring (bicyclic) bond motifs is 4. The number of hydrogen-bond acceptors (Lipinski definition) is 3. The molecule has 3 unspecified atom stereocenters. The van der Waals surface area contributed by atoms with Gasteiger partial charge in [0.15, 0.2) is 0 Å². The van der Waals surface area contributed by atoms with Gasteiger partial charge in [-0.25, -0.2) is 8.99 Å². The molecule has 4 aliphatic rings. The summed E-state index contributed by atoms with van der Waals surface area (Å²) in [6.07, 6.45) is 6.59. The summed E-state index contributed by atoms with van der Waals surface area (Å²) >= 11 is 0. The van der Waals surface area contributed by atoms with E-state index in [4.69, 9.17) is 4.78 Å². The second-order valence-corrected chi connectivity index (χ2v) is 10.6. The van der Waals surface area contributed by atoms with E-state index in [0.29, 0.717) is 16.9 Å². The van der Waals surface area contributed by atoms with E-state index in [0.717, 1.165) is 30.3 Å². The number of hydrogen-bond donors (Lipinski definition) is 2. The Morgan fingerprint density at radius 1 is 1.36 bits per heavy atom. The van der Waals surface area contributed by atoms with Crippen molar-refractivity contribution in [1.29, 1.82) is 4.78 Å². The maximum Gasteiger partial charge on any atom is 0.0697 e. The fourth-order valence-corrected chi connectivity index (χ4v) is 6.58. The summed E-state index contributed by atoms with van der Waals surface area (Å²) in [5.74, 6) is 2.29. The topological polar surface area (TPSA) is 60.0 Å². The first-order valence-electron chi connectivity index (χ1n) is 9.58. The third-order valence-electron chi connectivity index (χ3n) is 6.94. The minimum absolute atomic E-state index is 0.618. The molecule has 6 rings (SSSR count). The zero-order chi connectivity index (χ0) is 17.3. The zero-order valence-electron chi connectivity index (χ0n) is 15.0. The lowest BCUT2D eigenvalue weighted by Crippen LogP contribution is -2.56. The molecule has 4 heterocycles. The predicted molar refractivity (Wildman–Crippen MR) is 102 cm³/mol. The zero-order valence-corrected chi connectivity index (χ0v) is 15.9. The van der Waals surface area contributed by atoms with Gasteiger partial charge in [-0.2, -0.15) is 0 Å². The Bertz CT molecular complexity index is 945. The van der Waals surface area contributed by atoms with Gasteiger partial charge in [0.1, 0.15) is 0 Å². The number of benzene rings is 1. The second kappa shape index (κ2) is 5.34. The van der Waals surface area contributed by atoms with E-state index in [1.54, 1.807) is 0 Å². The van der Waals surface area contributed by atoms with Crippen LogP contribution in [0, 0.1) is 16.6 Å². The molecule has 4 nitrogen and oxygen atoms in total. The van der Waals surface area contributed by atoms with Gasteiger partial charge in [0.05, 0.1) is 9.73 Å². The summed E-state index contributed by atoms with van der Waals surface area (Å²) in [5, 5.41) is 1.20. The Hall–Kier alpha value is -1.33. The van der Waals surface area contributed by atoms with Gasteiger partial charge >= 0.3 is 0 Å². The van der Waals surface area contributed by atoms with E-state index in [1.165, 1.54) is 48.7 Å². The van der Waals surface area contributed by atoms with E-state index in [9.17, 15) is 4.21 Å². The quantitative estimate of drug-likeness (QED) is 0.854. The first kappa shape index (κ1) is 15.9. The molecule has 25 heavy (non-hydrogen) atoms. The van der Waals surface area contributed by atoms with E-state index in [1.807, 2.05) is 18.2 Å². The van der Waals surface area contributed by atoms with Gasteiger partial charge in [-0.3, -0.25) is 4.90 Å². The number of aromatic amines is 1. The minimum atomic E-state index is -2.67. The first-order valence-corrected chi connectivity index (χ1v) is 11.5. The molecule has 5 heteroatoms. The Balaban J connectivity index is 1.68. The summed E-state index contributed by atoms with van der Waals surface area (Å²) in [7, 11) is -2.67. The molecular weight excluding hydrogens is 330 g/mol. The van der Waals surface area contributed by atoms with Gasteiger partial charge < -0.3 is 4.98 Å². The maximum atomic E-state index is 12.2. The first-order chi connectivity index (χ1) is 12.0. The Morgan fingerprint density at radius 3 is 2.96 bits per heavy atom. The predicted octanol–water partition coefficient (Wildman–Crippen LogP) is 3.96. The van der Waals surface area contributed by atoms with E-state index in [2.05, 4.69) is 16.8 Å². The van der Waals surface area contributed by atoms with Crippen molar-refractivity contribution < 1.29 is 4.21 Å². The fraction of sp³-hybridized carbons (Fsp3) is 0.600. The van der Waals surface area contributed by atoms with Crippen LogP contribution in [0.25, 0.3) is 10.9 Å². The number of H-pyrrole nitrogens is 1. The van der Waals surface area contributed by atoms with Crippen molar-refractivity contribution in [3.63, 3.8) is 0 Å². The van der Waals surface area contributed by atoms with Crippen molar-refractivity contribution in [3.8, 4) is 0 Å². The maximum absolute atomic E-state index is 12.2. The van der Waals surface area contributed by atoms with Crippen LogP contribution in [0.15, 0.2) is 23.1 Å². The van der Waals surface area contributed by atoms with Crippen LogP contribution in [-0.4, -0.2) is 39.5 Å². The van der Waals surface area contributed by atoms with Crippen molar-refractivity contribution in [2.45, 2.75) is 49.5 Å². The third kappa shape index (κ3) is 2.32. The molecule has 0 amide bonds. The van der Waals surface area contributed by atoms with Gasteiger partial charge in [0, 0.05) is 52.8 Å². The molecule has 134 valence electrons. The van der Waals surface area contributed by atoms with Crippen LogP contribution in [0.3, 0.4) is 0 Å². The summed E-state index contributed by atoms with van der Waals surface area (Å²) in [5.41, 5.74) is 4.02. The monoisotopic (exact) mass is 357 g/mol. The van der Waals surface area contributed by atoms with Gasteiger partial charge in [0.25, 0.3) is 0 Å². The summed E-state index contributed by atoms with van der Waals surface area (Å²) in [4.78, 5) is 7.15. The van der Waals surface area contributed by atoms with Gasteiger partial charge in [-0.1, -0.05) is 13.3 Å². The van der Waals surface area contributed by atoms with E-state index in [-0.39, 0.29) is 0 Å². The van der Waals surface area contributed by atoms with Gasteiger partial charge in [-0.05, 0) is 54.9 Å². The lowest BCUT2D eigenvalue weighted by molar-refractivity contribution is -0.0134. The van der Waals surface area contributed by atoms with Crippen LogP contribution in [-0.2, 0) is 16.1 Å². The normalized spacial score (nSPS) is 36.0. The van der Waals surface area contributed by atoms with Crippen molar-refractivity contribution in [2.75, 3.05) is 19.3 Å². The molecular formula is C20H27N3OS. The van der Waals surface area contributed by atoms with E-state index >= 15 is 0 Å². The van der Waals surface area contributed by atoms with Crippen LogP contribution in [0.5, 0.6) is 0 Å². The molecule has 1 aromatic heterocycles. The average molecular weight is 358 g/mol. The molecule has 0 spiro atoms. The molecule has 6 atom stereocenters. The smallest absolute Gasteiger partial charge is 0.0697 e. The summed E-state index contributed by atoms with van der Waals surface area (Å²) < 4.78 is 20.1. The highest BCUT2D eigenvalue weighted by Crippen LogP contribution is 2.51. The van der Waals surface area contributed by atoms with Crippen molar-refractivity contribution in [3.05, 3.63) is 29.5 Å². The lowest BCUT2D eigenvalue weighted by atomic mass is 9.65. The van der Waals surface area contributed by atoms with Crippen LogP contribution in [0.1, 0.15) is 43.4 Å². The van der Waals surface area contributed by atoms with Crippen LogP contribution < -0.4 is 0 Å². The van der Waals surface area contributed by atoms with E-state index < -0.39 is 9.73 Å². The van der Waals surface area contributed by atoms with Crippen LogP contribution >= 0.6 is 0 Å². The second-order valence-electron chi connectivity index (χ2n) is 8.42. The van der Waals surface area contributed by atoms with Gasteiger partial charge in [0.2, 0.25) is 0 Å². The number of nitrogens with zero attached hydrogens (tertiary/aromatic N) is 1.